The molecular weight excluding hydrogens is 228 g/mol. The maximum absolute atomic E-state index is 11.3. The second kappa shape index (κ2) is 4.88. The van der Waals surface area contributed by atoms with Crippen molar-refractivity contribution in [2.75, 3.05) is 23.7 Å². The van der Waals surface area contributed by atoms with E-state index in [0.29, 0.717) is 23.1 Å². The molecule has 0 bridgehead atoms. The molecule has 1 aliphatic heterocycles. The van der Waals surface area contributed by atoms with E-state index in [1.165, 1.54) is 0 Å². The molecule has 1 aromatic rings. The summed E-state index contributed by atoms with van der Waals surface area (Å²) in [5.74, 6) is 0.367. The summed E-state index contributed by atoms with van der Waals surface area (Å²) in [6.45, 7) is 6.29. The minimum Gasteiger partial charge on any atom is -0.478 e. The van der Waals surface area contributed by atoms with Crippen molar-refractivity contribution >= 4 is 17.3 Å². The highest BCUT2D eigenvalue weighted by atomic mass is 16.4. The van der Waals surface area contributed by atoms with Crippen molar-refractivity contribution in [2.45, 2.75) is 20.3 Å². The SMILES string of the molecule is CC(C)C1CCN(c2ccc(N)cc2C(=O)O)C1. The van der Waals surface area contributed by atoms with Crippen molar-refractivity contribution in [3.05, 3.63) is 23.8 Å². The first-order valence-corrected chi connectivity index (χ1v) is 6.37. The maximum Gasteiger partial charge on any atom is 0.337 e. The molecule has 2 rings (SSSR count). The summed E-state index contributed by atoms with van der Waals surface area (Å²) in [7, 11) is 0. The second-order valence-corrected chi connectivity index (χ2v) is 5.32. The van der Waals surface area contributed by atoms with Crippen LogP contribution < -0.4 is 10.6 Å². The second-order valence-electron chi connectivity index (χ2n) is 5.32. The highest BCUT2D eigenvalue weighted by Crippen LogP contribution is 2.31. The van der Waals surface area contributed by atoms with E-state index in [1.807, 2.05) is 6.07 Å². The van der Waals surface area contributed by atoms with Gasteiger partial charge in [0, 0.05) is 18.8 Å². The first kappa shape index (κ1) is 12.7. The minimum atomic E-state index is -0.912. The quantitative estimate of drug-likeness (QED) is 0.806. The van der Waals surface area contributed by atoms with Crippen LogP contribution in [0.4, 0.5) is 11.4 Å². The van der Waals surface area contributed by atoms with E-state index in [9.17, 15) is 9.90 Å². The first-order chi connectivity index (χ1) is 8.49. The summed E-state index contributed by atoms with van der Waals surface area (Å²) in [6.07, 6.45) is 1.13. The molecular formula is C14H20N2O2. The molecule has 4 nitrogen and oxygen atoms in total. The predicted molar refractivity (Wildman–Crippen MR) is 73.0 cm³/mol. The Morgan fingerprint density at radius 3 is 2.78 bits per heavy atom. The summed E-state index contributed by atoms with van der Waals surface area (Å²) in [4.78, 5) is 13.4. The van der Waals surface area contributed by atoms with Crippen molar-refractivity contribution in [3.8, 4) is 0 Å². The number of aromatic carboxylic acids is 1. The van der Waals surface area contributed by atoms with Crippen LogP contribution in [0.15, 0.2) is 18.2 Å². The Hall–Kier alpha value is -1.71. The van der Waals surface area contributed by atoms with E-state index >= 15 is 0 Å². The molecule has 0 saturated carbocycles. The normalized spacial score (nSPS) is 19.5. The van der Waals surface area contributed by atoms with Crippen LogP contribution in [0.1, 0.15) is 30.6 Å². The number of rotatable bonds is 3. The fourth-order valence-electron chi connectivity index (χ4n) is 2.55. The van der Waals surface area contributed by atoms with Crippen molar-refractivity contribution in [1.29, 1.82) is 0 Å². The van der Waals surface area contributed by atoms with Crippen LogP contribution in [0.5, 0.6) is 0 Å². The Bertz CT molecular complexity index is 457. The molecule has 0 aromatic heterocycles. The molecule has 1 aliphatic rings. The van der Waals surface area contributed by atoms with E-state index in [-0.39, 0.29) is 0 Å². The van der Waals surface area contributed by atoms with Crippen molar-refractivity contribution in [1.82, 2.24) is 0 Å². The molecule has 0 radical (unpaired) electrons. The number of nitrogens with zero attached hydrogens (tertiary/aromatic N) is 1. The van der Waals surface area contributed by atoms with Gasteiger partial charge in [0.05, 0.1) is 11.3 Å². The highest BCUT2D eigenvalue weighted by Gasteiger charge is 2.27. The van der Waals surface area contributed by atoms with Gasteiger partial charge in [-0.2, -0.15) is 0 Å². The molecule has 1 atom stereocenters. The zero-order valence-corrected chi connectivity index (χ0v) is 10.9. The van der Waals surface area contributed by atoms with E-state index in [0.717, 1.165) is 25.2 Å². The smallest absolute Gasteiger partial charge is 0.337 e. The number of benzene rings is 1. The zero-order chi connectivity index (χ0) is 13.3. The third-order valence-electron chi connectivity index (χ3n) is 3.76. The van der Waals surface area contributed by atoms with Gasteiger partial charge in [-0.1, -0.05) is 13.8 Å². The fourth-order valence-corrected chi connectivity index (χ4v) is 2.55. The number of carbonyl (C=O) groups is 1. The lowest BCUT2D eigenvalue weighted by Gasteiger charge is -2.22. The Kier molecular flexibility index (Phi) is 3.45. The number of carboxylic acids is 1. The summed E-state index contributed by atoms with van der Waals surface area (Å²) >= 11 is 0. The molecule has 1 fully saturated rings. The van der Waals surface area contributed by atoms with Gasteiger partial charge in [0.15, 0.2) is 0 Å². The van der Waals surface area contributed by atoms with Gasteiger partial charge in [0.2, 0.25) is 0 Å². The lowest BCUT2D eigenvalue weighted by Crippen LogP contribution is -2.23. The van der Waals surface area contributed by atoms with Crippen LogP contribution in [-0.4, -0.2) is 24.2 Å². The van der Waals surface area contributed by atoms with Gasteiger partial charge in [-0.15, -0.1) is 0 Å². The van der Waals surface area contributed by atoms with E-state index in [4.69, 9.17) is 5.73 Å². The third kappa shape index (κ3) is 2.42. The average molecular weight is 248 g/mol. The van der Waals surface area contributed by atoms with Crippen molar-refractivity contribution < 1.29 is 9.90 Å². The van der Waals surface area contributed by atoms with Gasteiger partial charge in [0.25, 0.3) is 0 Å². The zero-order valence-electron chi connectivity index (χ0n) is 10.9. The Morgan fingerprint density at radius 2 is 2.22 bits per heavy atom. The lowest BCUT2D eigenvalue weighted by molar-refractivity contribution is 0.0697. The minimum absolute atomic E-state index is 0.305. The maximum atomic E-state index is 11.3. The number of carboxylic acid groups (broad SMARTS) is 1. The van der Waals surface area contributed by atoms with E-state index in [2.05, 4.69) is 18.7 Å². The Balaban J connectivity index is 2.27. The lowest BCUT2D eigenvalue weighted by atomic mass is 9.95. The van der Waals surface area contributed by atoms with Crippen LogP contribution >= 0.6 is 0 Å². The molecule has 18 heavy (non-hydrogen) atoms. The average Bonchev–Trinajstić information content (AvgIpc) is 2.78. The molecule has 3 N–H and O–H groups in total. The van der Waals surface area contributed by atoms with Crippen LogP contribution in [0.3, 0.4) is 0 Å². The largest absolute Gasteiger partial charge is 0.478 e. The predicted octanol–water partition coefficient (Wildman–Crippen LogP) is 2.45. The Labute approximate surface area is 107 Å². The van der Waals surface area contributed by atoms with Gasteiger partial charge >= 0.3 is 5.97 Å². The van der Waals surface area contributed by atoms with E-state index < -0.39 is 5.97 Å². The number of hydrogen-bond acceptors (Lipinski definition) is 3. The molecule has 98 valence electrons. The van der Waals surface area contributed by atoms with Crippen LogP contribution in [0.2, 0.25) is 0 Å². The third-order valence-corrected chi connectivity index (χ3v) is 3.76. The molecule has 1 aromatic carbocycles. The Morgan fingerprint density at radius 1 is 1.50 bits per heavy atom. The van der Waals surface area contributed by atoms with Crippen molar-refractivity contribution in [3.63, 3.8) is 0 Å². The number of nitrogens with two attached hydrogens (primary N) is 1. The van der Waals surface area contributed by atoms with Gasteiger partial charge in [-0.3, -0.25) is 0 Å². The summed E-state index contributed by atoms with van der Waals surface area (Å²) in [6, 6.07) is 5.13. The van der Waals surface area contributed by atoms with Gasteiger partial charge in [-0.25, -0.2) is 4.79 Å². The molecule has 1 saturated heterocycles. The molecule has 1 heterocycles. The van der Waals surface area contributed by atoms with E-state index in [1.54, 1.807) is 12.1 Å². The van der Waals surface area contributed by atoms with Crippen molar-refractivity contribution in [2.24, 2.45) is 11.8 Å². The standard InChI is InChI=1S/C14H20N2O2/c1-9(2)10-5-6-16(8-10)13-4-3-11(15)7-12(13)14(17)18/h3-4,7,9-10H,5-6,8,15H2,1-2H3,(H,17,18). The van der Waals surface area contributed by atoms with Crippen LogP contribution in [0.25, 0.3) is 0 Å². The molecule has 0 aliphatic carbocycles. The van der Waals surface area contributed by atoms with Crippen LogP contribution in [0, 0.1) is 11.8 Å². The monoisotopic (exact) mass is 248 g/mol. The number of anilines is 2. The summed E-state index contributed by atoms with van der Waals surface area (Å²) in [5.41, 5.74) is 7.25. The summed E-state index contributed by atoms with van der Waals surface area (Å²) < 4.78 is 0. The fraction of sp³-hybridized carbons (Fsp3) is 0.500. The highest BCUT2D eigenvalue weighted by molar-refractivity contribution is 5.95. The molecule has 0 spiro atoms. The first-order valence-electron chi connectivity index (χ1n) is 6.37. The topological polar surface area (TPSA) is 66.6 Å². The summed E-state index contributed by atoms with van der Waals surface area (Å²) in [5, 5.41) is 9.24. The van der Waals surface area contributed by atoms with Gasteiger partial charge in [-0.05, 0) is 36.5 Å². The number of nitrogen functional groups attached to an aromatic ring is 1. The van der Waals surface area contributed by atoms with Gasteiger partial charge in [0.1, 0.15) is 0 Å². The molecule has 0 amide bonds. The molecule has 4 heteroatoms. The molecule has 1 unspecified atom stereocenters. The van der Waals surface area contributed by atoms with Gasteiger partial charge < -0.3 is 15.7 Å². The van der Waals surface area contributed by atoms with Crippen LogP contribution in [-0.2, 0) is 0 Å². The number of hydrogen-bond donors (Lipinski definition) is 2.